The summed E-state index contributed by atoms with van der Waals surface area (Å²) in [4.78, 5) is 3.87. The first kappa shape index (κ1) is 11.0. The molecule has 0 aliphatic rings. The van der Waals surface area contributed by atoms with Crippen molar-refractivity contribution in [2.24, 2.45) is 0 Å². The van der Waals surface area contributed by atoms with Gasteiger partial charge in [0.15, 0.2) is 0 Å². The van der Waals surface area contributed by atoms with Crippen LogP contribution >= 0.6 is 11.6 Å². The lowest BCUT2D eigenvalue weighted by Gasteiger charge is -2.08. The molecule has 1 N–H and O–H groups in total. The van der Waals surface area contributed by atoms with Crippen LogP contribution in [0.1, 0.15) is 5.56 Å². The van der Waals surface area contributed by atoms with Gasteiger partial charge in [-0.15, -0.1) is 0 Å². The lowest BCUT2D eigenvalue weighted by Crippen LogP contribution is -1.93. The number of hydrogen-bond acceptors (Lipinski definition) is 2. The molecule has 1 aromatic carbocycles. The number of aromatic nitrogens is 1. The molecule has 0 unspecified atom stereocenters. The predicted octanol–water partition coefficient (Wildman–Crippen LogP) is 3.03. The molecule has 0 aliphatic carbocycles. The summed E-state index contributed by atoms with van der Waals surface area (Å²) in [5, 5.41) is 9.45. The van der Waals surface area contributed by atoms with Gasteiger partial charge in [-0.05, 0) is 29.3 Å². The van der Waals surface area contributed by atoms with E-state index in [1.807, 2.05) is 0 Å². The van der Waals surface area contributed by atoms with E-state index in [1.165, 1.54) is 18.3 Å². The van der Waals surface area contributed by atoms with Crippen molar-refractivity contribution in [3.05, 3.63) is 53.1 Å². The van der Waals surface area contributed by atoms with Gasteiger partial charge in [0.25, 0.3) is 0 Å². The first-order chi connectivity index (χ1) is 7.72. The Morgan fingerprint density at radius 3 is 2.81 bits per heavy atom. The summed E-state index contributed by atoms with van der Waals surface area (Å²) in [7, 11) is 0. The standard InChI is InChI=1S/C12H9ClFNO/c13-12-11(7-16)10(4-5-15-12)8-2-1-3-9(14)6-8/h1-6,16H,7H2. The lowest BCUT2D eigenvalue weighted by atomic mass is 10.0. The summed E-state index contributed by atoms with van der Waals surface area (Å²) in [5.74, 6) is -0.325. The van der Waals surface area contributed by atoms with Crippen molar-refractivity contribution in [3.63, 3.8) is 0 Å². The van der Waals surface area contributed by atoms with Gasteiger partial charge in [-0.3, -0.25) is 0 Å². The number of rotatable bonds is 2. The highest BCUT2D eigenvalue weighted by Crippen LogP contribution is 2.27. The molecular weight excluding hydrogens is 229 g/mol. The molecule has 0 spiro atoms. The second kappa shape index (κ2) is 4.60. The molecule has 2 rings (SSSR count). The average molecular weight is 238 g/mol. The second-order valence-electron chi connectivity index (χ2n) is 3.30. The van der Waals surface area contributed by atoms with Crippen LogP contribution in [-0.4, -0.2) is 10.1 Å². The largest absolute Gasteiger partial charge is 0.392 e. The van der Waals surface area contributed by atoms with E-state index in [2.05, 4.69) is 4.98 Å². The third kappa shape index (κ3) is 2.05. The molecule has 2 nitrogen and oxygen atoms in total. The van der Waals surface area contributed by atoms with Crippen LogP contribution in [0, 0.1) is 5.82 Å². The molecule has 0 bridgehead atoms. The minimum Gasteiger partial charge on any atom is -0.392 e. The summed E-state index contributed by atoms with van der Waals surface area (Å²) in [6.07, 6.45) is 1.53. The summed E-state index contributed by atoms with van der Waals surface area (Å²) in [5.41, 5.74) is 1.88. The van der Waals surface area contributed by atoms with Crippen LogP contribution in [0.15, 0.2) is 36.5 Å². The van der Waals surface area contributed by atoms with Crippen molar-refractivity contribution >= 4 is 11.6 Å². The van der Waals surface area contributed by atoms with E-state index in [0.29, 0.717) is 16.7 Å². The van der Waals surface area contributed by atoms with Crippen molar-refractivity contribution in [2.45, 2.75) is 6.61 Å². The lowest BCUT2D eigenvalue weighted by molar-refractivity contribution is 0.282. The Morgan fingerprint density at radius 2 is 2.12 bits per heavy atom. The molecule has 82 valence electrons. The molecule has 0 fully saturated rings. The Bertz CT molecular complexity index is 516. The monoisotopic (exact) mass is 237 g/mol. The number of benzene rings is 1. The van der Waals surface area contributed by atoms with Gasteiger partial charge in [-0.2, -0.15) is 0 Å². The van der Waals surface area contributed by atoms with E-state index in [1.54, 1.807) is 18.2 Å². The number of aliphatic hydroxyl groups is 1. The van der Waals surface area contributed by atoms with Crippen molar-refractivity contribution in [2.75, 3.05) is 0 Å². The molecule has 16 heavy (non-hydrogen) atoms. The highest BCUT2D eigenvalue weighted by molar-refractivity contribution is 6.30. The first-order valence-electron chi connectivity index (χ1n) is 4.72. The van der Waals surface area contributed by atoms with Crippen LogP contribution in [0.4, 0.5) is 4.39 Å². The summed E-state index contributed by atoms with van der Waals surface area (Å²) >= 11 is 5.85. The molecule has 2 aromatic rings. The molecule has 0 radical (unpaired) electrons. The van der Waals surface area contributed by atoms with Gasteiger partial charge in [0.2, 0.25) is 0 Å². The molecule has 0 saturated carbocycles. The zero-order chi connectivity index (χ0) is 11.5. The van der Waals surface area contributed by atoms with Crippen LogP contribution in [0.3, 0.4) is 0 Å². The Balaban J connectivity index is 2.60. The maximum Gasteiger partial charge on any atom is 0.135 e. The fourth-order valence-corrected chi connectivity index (χ4v) is 1.76. The Labute approximate surface area is 97.3 Å². The van der Waals surface area contributed by atoms with E-state index in [4.69, 9.17) is 11.6 Å². The highest BCUT2D eigenvalue weighted by Gasteiger charge is 2.09. The van der Waals surface area contributed by atoms with E-state index >= 15 is 0 Å². The van der Waals surface area contributed by atoms with E-state index < -0.39 is 0 Å². The number of hydrogen-bond donors (Lipinski definition) is 1. The second-order valence-corrected chi connectivity index (χ2v) is 3.65. The zero-order valence-electron chi connectivity index (χ0n) is 8.32. The number of nitrogens with zero attached hydrogens (tertiary/aromatic N) is 1. The summed E-state index contributed by atoms with van der Waals surface area (Å²) < 4.78 is 13.1. The van der Waals surface area contributed by atoms with E-state index in [9.17, 15) is 9.50 Å². The molecule has 4 heteroatoms. The van der Waals surface area contributed by atoms with Gasteiger partial charge in [-0.1, -0.05) is 23.7 Å². The molecule has 0 saturated heterocycles. The normalized spacial score (nSPS) is 10.4. The Morgan fingerprint density at radius 1 is 1.31 bits per heavy atom. The third-order valence-corrected chi connectivity index (χ3v) is 2.62. The van der Waals surface area contributed by atoms with Crippen LogP contribution in [0.25, 0.3) is 11.1 Å². The minimum atomic E-state index is -0.325. The van der Waals surface area contributed by atoms with Crippen LogP contribution < -0.4 is 0 Å². The quantitative estimate of drug-likeness (QED) is 0.815. The van der Waals surface area contributed by atoms with Crippen molar-refractivity contribution in [1.29, 1.82) is 0 Å². The van der Waals surface area contributed by atoms with Crippen LogP contribution in [-0.2, 0) is 6.61 Å². The average Bonchev–Trinajstić information content (AvgIpc) is 2.28. The third-order valence-electron chi connectivity index (χ3n) is 2.30. The van der Waals surface area contributed by atoms with Crippen molar-refractivity contribution < 1.29 is 9.50 Å². The zero-order valence-corrected chi connectivity index (χ0v) is 9.08. The van der Waals surface area contributed by atoms with Gasteiger partial charge in [-0.25, -0.2) is 9.37 Å². The Hall–Kier alpha value is -1.45. The molecule has 0 aliphatic heterocycles. The van der Waals surface area contributed by atoms with E-state index in [-0.39, 0.29) is 17.6 Å². The maximum absolute atomic E-state index is 13.1. The van der Waals surface area contributed by atoms with E-state index in [0.717, 1.165) is 0 Å². The molecular formula is C12H9ClFNO. The van der Waals surface area contributed by atoms with Gasteiger partial charge in [0.1, 0.15) is 11.0 Å². The van der Waals surface area contributed by atoms with Crippen LogP contribution in [0.5, 0.6) is 0 Å². The Kier molecular flexibility index (Phi) is 3.17. The fourth-order valence-electron chi connectivity index (χ4n) is 1.54. The smallest absolute Gasteiger partial charge is 0.135 e. The van der Waals surface area contributed by atoms with Crippen molar-refractivity contribution in [3.8, 4) is 11.1 Å². The summed E-state index contributed by atoms with van der Waals surface area (Å²) in [6, 6.07) is 7.83. The SMILES string of the molecule is OCc1c(-c2cccc(F)c2)ccnc1Cl. The topological polar surface area (TPSA) is 33.1 Å². The van der Waals surface area contributed by atoms with Gasteiger partial charge < -0.3 is 5.11 Å². The highest BCUT2D eigenvalue weighted by atomic mass is 35.5. The summed E-state index contributed by atoms with van der Waals surface area (Å²) in [6.45, 7) is -0.224. The van der Waals surface area contributed by atoms with Gasteiger partial charge in [0, 0.05) is 11.8 Å². The molecule has 0 amide bonds. The number of aliphatic hydroxyl groups excluding tert-OH is 1. The van der Waals surface area contributed by atoms with Crippen molar-refractivity contribution in [1.82, 2.24) is 4.98 Å². The fraction of sp³-hybridized carbons (Fsp3) is 0.0833. The minimum absolute atomic E-state index is 0.224. The maximum atomic E-state index is 13.1. The van der Waals surface area contributed by atoms with Gasteiger partial charge in [0.05, 0.1) is 6.61 Å². The first-order valence-corrected chi connectivity index (χ1v) is 5.10. The number of pyridine rings is 1. The van der Waals surface area contributed by atoms with Gasteiger partial charge >= 0.3 is 0 Å². The molecule has 1 aromatic heterocycles. The number of halogens is 2. The predicted molar refractivity (Wildman–Crippen MR) is 60.6 cm³/mol. The van der Waals surface area contributed by atoms with Crippen LogP contribution in [0.2, 0.25) is 5.15 Å². The molecule has 1 heterocycles. The molecule has 0 atom stereocenters.